The number of fused-ring (bicyclic) bond motifs is 1. The highest BCUT2D eigenvalue weighted by Gasteiger charge is 2.11. The molecule has 0 aliphatic heterocycles. The lowest BCUT2D eigenvalue weighted by molar-refractivity contribution is 0.146. The lowest BCUT2D eigenvalue weighted by Gasteiger charge is -2.07. The molecule has 0 aliphatic rings. The second kappa shape index (κ2) is 9.57. The summed E-state index contributed by atoms with van der Waals surface area (Å²) in [6, 6.07) is 9.52. The summed E-state index contributed by atoms with van der Waals surface area (Å²) >= 11 is 0. The first kappa shape index (κ1) is 20.8. The molecule has 0 amide bonds. The maximum absolute atomic E-state index is 5.62. The van der Waals surface area contributed by atoms with Crippen LogP contribution >= 0.6 is 0 Å². The number of hydrogen-bond donors (Lipinski definition) is 0. The summed E-state index contributed by atoms with van der Waals surface area (Å²) in [6.07, 6.45) is 9.82. The molecule has 0 radical (unpaired) electrons. The number of aromatic nitrogens is 9. The zero-order valence-corrected chi connectivity index (χ0v) is 18.2. The third kappa shape index (κ3) is 4.88. The van der Waals surface area contributed by atoms with Crippen molar-refractivity contribution in [1.82, 2.24) is 44.5 Å². The van der Waals surface area contributed by atoms with Gasteiger partial charge in [-0.2, -0.15) is 14.9 Å². The molecular formula is C22H23N9O2. The van der Waals surface area contributed by atoms with Crippen molar-refractivity contribution in [2.45, 2.75) is 19.5 Å². The molecule has 0 atom stereocenters. The van der Waals surface area contributed by atoms with Gasteiger partial charge in [0.05, 0.1) is 37.8 Å². The average molecular weight is 445 g/mol. The summed E-state index contributed by atoms with van der Waals surface area (Å²) < 4.78 is 16.1. The fourth-order valence-electron chi connectivity index (χ4n) is 3.39. The van der Waals surface area contributed by atoms with E-state index in [0.717, 1.165) is 30.1 Å². The molecule has 0 bridgehead atoms. The molecule has 4 heterocycles. The van der Waals surface area contributed by atoms with Crippen molar-refractivity contribution < 1.29 is 9.47 Å². The number of methoxy groups -OCH3 is 1. The normalized spacial score (nSPS) is 11.3. The molecule has 33 heavy (non-hydrogen) atoms. The van der Waals surface area contributed by atoms with E-state index in [2.05, 4.69) is 25.5 Å². The Balaban J connectivity index is 1.29. The van der Waals surface area contributed by atoms with Crippen LogP contribution in [-0.2, 0) is 24.2 Å². The molecule has 4 aromatic heterocycles. The van der Waals surface area contributed by atoms with Crippen LogP contribution in [0.1, 0.15) is 11.4 Å². The van der Waals surface area contributed by atoms with E-state index in [4.69, 9.17) is 14.5 Å². The Morgan fingerprint density at radius 2 is 1.85 bits per heavy atom. The second-order valence-corrected chi connectivity index (χ2v) is 7.39. The molecule has 11 heteroatoms. The van der Waals surface area contributed by atoms with E-state index >= 15 is 0 Å². The Bertz CT molecular complexity index is 1310. The van der Waals surface area contributed by atoms with Gasteiger partial charge in [0.15, 0.2) is 11.2 Å². The monoisotopic (exact) mass is 445 g/mol. The van der Waals surface area contributed by atoms with Crippen LogP contribution in [-0.4, -0.2) is 64.8 Å². The fraction of sp³-hybridized carbons (Fsp3) is 0.273. The molecule has 5 aromatic rings. The summed E-state index contributed by atoms with van der Waals surface area (Å²) in [4.78, 5) is 9.16. The van der Waals surface area contributed by atoms with Gasteiger partial charge in [-0.25, -0.2) is 9.97 Å². The Morgan fingerprint density at radius 1 is 0.970 bits per heavy atom. The predicted octanol–water partition coefficient (Wildman–Crippen LogP) is 1.92. The molecule has 1 aromatic carbocycles. The van der Waals surface area contributed by atoms with Gasteiger partial charge in [-0.15, -0.1) is 5.10 Å². The lowest BCUT2D eigenvalue weighted by atomic mass is 10.2. The summed E-state index contributed by atoms with van der Waals surface area (Å²) in [5, 5.41) is 17.1. The minimum atomic E-state index is 0.499. The minimum absolute atomic E-state index is 0.499. The first-order chi connectivity index (χ1) is 16.3. The van der Waals surface area contributed by atoms with E-state index < -0.39 is 0 Å². The number of hydrogen-bond acceptors (Lipinski definition) is 8. The van der Waals surface area contributed by atoms with Crippen LogP contribution in [0.15, 0.2) is 61.3 Å². The van der Waals surface area contributed by atoms with Crippen LogP contribution in [0.3, 0.4) is 0 Å². The fourth-order valence-corrected chi connectivity index (χ4v) is 3.39. The van der Waals surface area contributed by atoms with Crippen molar-refractivity contribution in [3.63, 3.8) is 0 Å². The SMILES string of the molecule is COCCOc1ccc(-n2nnc3cnc(Cc4cnn(CCn5cccn5)c4)nc32)cc1. The Labute approximate surface area is 189 Å². The number of nitrogens with zero attached hydrogens (tertiary/aromatic N) is 9. The Hall–Kier alpha value is -4.12. The van der Waals surface area contributed by atoms with Gasteiger partial charge >= 0.3 is 0 Å². The van der Waals surface area contributed by atoms with Gasteiger partial charge in [0.1, 0.15) is 18.2 Å². The zero-order chi connectivity index (χ0) is 22.5. The highest BCUT2D eigenvalue weighted by molar-refractivity contribution is 5.70. The van der Waals surface area contributed by atoms with Crippen LogP contribution in [0.25, 0.3) is 16.9 Å². The largest absolute Gasteiger partial charge is 0.491 e. The van der Waals surface area contributed by atoms with Crippen molar-refractivity contribution in [1.29, 1.82) is 0 Å². The maximum Gasteiger partial charge on any atom is 0.187 e. The van der Waals surface area contributed by atoms with Gasteiger partial charge in [-0.3, -0.25) is 9.36 Å². The van der Waals surface area contributed by atoms with Crippen molar-refractivity contribution in [2.24, 2.45) is 0 Å². The van der Waals surface area contributed by atoms with Crippen LogP contribution < -0.4 is 4.74 Å². The van der Waals surface area contributed by atoms with Crippen molar-refractivity contribution in [3.8, 4) is 11.4 Å². The van der Waals surface area contributed by atoms with Gasteiger partial charge < -0.3 is 9.47 Å². The van der Waals surface area contributed by atoms with E-state index in [0.29, 0.717) is 36.6 Å². The first-order valence-corrected chi connectivity index (χ1v) is 10.6. The Kier molecular flexibility index (Phi) is 6.02. The molecule has 0 spiro atoms. The van der Waals surface area contributed by atoms with Crippen molar-refractivity contribution in [3.05, 3.63) is 72.7 Å². The molecule has 168 valence electrons. The van der Waals surface area contributed by atoms with E-state index in [9.17, 15) is 0 Å². The zero-order valence-electron chi connectivity index (χ0n) is 18.2. The maximum atomic E-state index is 5.62. The van der Waals surface area contributed by atoms with E-state index in [-0.39, 0.29) is 0 Å². The van der Waals surface area contributed by atoms with Gasteiger partial charge in [0.25, 0.3) is 0 Å². The predicted molar refractivity (Wildman–Crippen MR) is 119 cm³/mol. The van der Waals surface area contributed by atoms with E-state index in [1.165, 1.54) is 0 Å². The first-order valence-electron chi connectivity index (χ1n) is 10.6. The number of rotatable bonds is 10. The summed E-state index contributed by atoms with van der Waals surface area (Å²) in [6.45, 7) is 2.54. The Morgan fingerprint density at radius 3 is 2.67 bits per heavy atom. The highest BCUT2D eigenvalue weighted by atomic mass is 16.5. The standard InChI is InChI=1S/C22H23N9O2/c1-32-11-12-33-19-5-3-18(4-6-19)31-22-20(27-28-31)15-23-21(26-22)13-17-14-25-30(16-17)10-9-29-8-2-7-24-29/h2-8,14-16H,9-13H2,1H3. The van der Waals surface area contributed by atoms with Crippen molar-refractivity contribution in [2.75, 3.05) is 20.3 Å². The second-order valence-electron chi connectivity index (χ2n) is 7.39. The van der Waals surface area contributed by atoms with Gasteiger partial charge in [0, 0.05) is 32.1 Å². The molecule has 0 N–H and O–H groups in total. The topological polar surface area (TPSA) is 111 Å². The molecule has 0 unspecified atom stereocenters. The van der Waals surface area contributed by atoms with E-state index in [1.807, 2.05) is 58.3 Å². The van der Waals surface area contributed by atoms with Crippen LogP contribution in [0, 0.1) is 0 Å². The summed E-state index contributed by atoms with van der Waals surface area (Å²) in [7, 11) is 1.65. The van der Waals surface area contributed by atoms with Crippen LogP contribution in [0.5, 0.6) is 5.75 Å². The molecular weight excluding hydrogens is 422 g/mol. The van der Waals surface area contributed by atoms with Gasteiger partial charge in [0.2, 0.25) is 0 Å². The van der Waals surface area contributed by atoms with Gasteiger partial charge in [-0.1, -0.05) is 5.21 Å². The van der Waals surface area contributed by atoms with Gasteiger partial charge in [-0.05, 0) is 35.9 Å². The molecule has 5 rings (SSSR count). The molecule has 0 saturated carbocycles. The number of ether oxygens (including phenoxy) is 2. The molecule has 0 aliphatic carbocycles. The molecule has 0 fully saturated rings. The lowest BCUT2D eigenvalue weighted by Crippen LogP contribution is -2.07. The highest BCUT2D eigenvalue weighted by Crippen LogP contribution is 2.18. The molecule has 11 nitrogen and oxygen atoms in total. The average Bonchev–Trinajstić information content (AvgIpc) is 3.60. The summed E-state index contributed by atoms with van der Waals surface area (Å²) in [5.74, 6) is 1.44. The van der Waals surface area contributed by atoms with Crippen LogP contribution in [0.4, 0.5) is 0 Å². The molecule has 0 saturated heterocycles. The van der Waals surface area contributed by atoms with E-state index in [1.54, 1.807) is 24.2 Å². The van der Waals surface area contributed by atoms with Crippen LogP contribution in [0.2, 0.25) is 0 Å². The number of benzene rings is 1. The third-order valence-corrected chi connectivity index (χ3v) is 5.05. The van der Waals surface area contributed by atoms with Crippen molar-refractivity contribution >= 4 is 11.2 Å². The summed E-state index contributed by atoms with van der Waals surface area (Å²) in [5.41, 5.74) is 3.16. The third-order valence-electron chi connectivity index (χ3n) is 5.05. The number of aryl methyl sites for hydroxylation is 2. The smallest absolute Gasteiger partial charge is 0.187 e. The minimum Gasteiger partial charge on any atom is -0.491 e. The quantitative estimate of drug-likeness (QED) is 0.300.